The molecule has 0 aromatic carbocycles. The molecule has 0 radical (unpaired) electrons. The van der Waals surface area contributed by atoms with Gasteiger partial charge in [-0.15, -0.1) is 0 Å². The number of hydrogen-bond acceptors (Lipinski definition) is 7. The molecule has 0 N–H and O–H groups in total. The minimum atomic E-state index is -3.39. The van der Waals surface area contributed by atoms with Crippen LogP contribution in [0.2, 0.25) is 5.28 Å². The van der Waals surface area contributed by atoms with Crippen molar-refractivity contribution in [3.8, 4) is 0 Å². The molecule has 2 fully saturated rings. The van der Waals surface area contributed by atoms with Crippen LogP contribution in [-0.2, 0) is 24.1 Å². The van der Waals surface area contributed by atoms with Crippen molar-refractivity contribution in [2.75, 3.05) is 43.6 Å². The minimum absolute atomic E-state index is 0.0535. The second-order valence-electron chi connectivity index (χ2n) is 6.51. The summed E-state index contributed by atoms with van der Waals surface area (Å²) < 4.78 is 35.7. The van der Waals surface area contributed by atoms with Gasteiger partial charge in [-0.05, 0) is 31.4 Å². The van der Waals surface area contributed by atoms with Gasteiger partial charge in [0.2, 0.25) is 5.28 Å². The van der Waals surface area contributed by atoms with Gasteiger partial charge in [0, 0.05) is 31.6 Å². The number of nitrogens with zero attached hydrogens (tertiary/aromatic N) is 3. The molecule has 1 aromatic rings. The molecule has 2 aliphatic rings. The summed E-state index contributed by atoms with van der Waals surface area (Å²) in [6, 6.07) is 1.92. The van der Waals surface area contributed by atoms with Crippen molar-refractivity contribution in [1.82, 2.24) is 9.97 Å². The molecule has 9 heteroatoms. The maximum atomic E-state index is 12.9. The lowest BCUT2D eigenvalue weighted by atomic mass is 9.94. The molecule has 25 heavy (non-hydrogen) atoms. The highest BCUT2D eigenvalue weighted by Gasteiger charge is 2.47. The fourth-order valence-electron chi connectivity index (χ4n) is 3.56. The maximum Gasteiger partial charge on any atom is 0.224 e. The fourth-order valence-corrected chi connectivity index (χ4v) is 5.50. The van der Waals surface area contributed by atoms with E-state index in [1.165, 1.54) is 0 Å². The van der Waals surface area contributed by atoms with Crippen LogP contribution in [0.5, 0.6) is 0 Å². The van der Waals surface area contributed by atoms with Gasteiger partial charge >= 0.3 is 0 Å². The third kappa shape index (κ3) is 3.49. The van der Waals surface area contributed by atoms with E-state index in [2.05, 4.69) is 14.9 Å². The first-order valence-corrected chi connectivity index (χ1v) is 10.6. The number of hydrogen-bond donors (Lipinski definition) is 0. The largest absolute Gasteiger partial charge is 0.381 e. The van der Waals surface area contributed by atoms with Gasteiger partial charge in [-0.2, -0.15) is 0 Å². The van der Waals surface area contributed by atoms with E-state index in [1.54, 1.807) is 13.0 Å². The lowest BCUT2D eigenvalue weighted by Crippen LogP contribution is -2.45. The summed E-state index contributed by atoms with van der Waals surface area (Å²) in [5, 5.41) is 0.0726. The molecule has 0 spiro atoms. The van der Waals surface area contributed by atoms with E-state index in [-0.39, 0.29) is 17.1 Å². The van der Waals surface area contributed by atoms with Crippen molar-refractivity contribution in [3.63, 3.8) is 0 Å². The molecule has 0 amide bonds. The molecule has 1 atom stereocenters. The summed E-state index contributed by atoms with van der Waals surface area (Å²) >= 11 is 6.19. The first-order valence-electron chi connectivity index (χ1n) is 8.59. The second-order valence-corrected chi connectivity index (χ2v) is 9.43. The highest BCUT2D eigenvalue weighted by Crippen LogP contribution is 2.41. The van der Waals surface area contributed by atoms with E-state index >= 15 is 0 Å². The van der Waals surface area contributed by atoms with Crippen molar-refractivity contribution in [3.05, 3.63) is 17.0 Å². The number of aromatic nitrogens is 2. The Morgan fingerprint density at radius 2 is 2.00 bits per heavy atom. The molecule has 0 unspecified atom stereocenters. The van der Waals surface area contributed by atoms with E-state index in [0.29, 0.717) is 57.3 Å². The molecule has 0 bridgehead atoms. The molecular weight excluding hydrogens is 366 g/mol. The summed E-state index contributed by atoms with van der Waals surface area (Å²) in [5.41, 5.74) is 0.478. The predicted octanol–water partition coefficient (Wildman–Crippen LogP) is 1.80. The Kier molecular flexibility index (Phi) is 5.53. The highest BCUT2D eigenvalue weighted by atomic mass is 35.5. The number of ether oxygens (including phenoxy) is 2. The van der Waals surface area contributed by atoms with Gasteiger partial charge in [-0.3, -0.25) is 0 Å². The van der Waals surface area contributed by atoms with Crippen LogP contribution >= 0.6 is 11.6 Å². The van der Waals surface area contributed by atoms with Gasteiger partial charge in [0.1, 0.15) is 10.6 Å². The van der Waals surface area contributed by atoms with Gasteiger partial charge < -0.3 is 14.4 Å². The highest BCUT2D eigenvalue weighted by molar-refractivity contribution is 7.92. The van der Waals surface area contributed by atoms with Crippen LogP contribution in [0.3, 0.4) is 0 Å². The van der Waals surface area contributed by atoms with Crippen molar-refractivity contribution in [2.24, 2.45) is 0 Å². The zero-order valence-electron chi connectivity index (χ0n) is 14.6. The van der Waals surface area contributed by atoms with Crippen LogP contribution in [0.15, 0.2) is 6.07 Å². The Hall–Kier alpha value is -0.960. The number of rotatable bonds is 4. The lowest BCUT2D eigenvalue weighted by molar-refractivity contribution is 0.0729. The molecule has 2 aliphatic heterocycles. The standard InChI is InChI=1S/C16H24ClN3O4S/c1-3-25(21,22)16(4-7-23-8-5-16)13-10-14(19-15(17)18-13)20-6-9-24-11-12(20)2/h10,12H,3-9,11H2,1-2H3/t12-/m1/s1. The first kappa shape index (κ1) is 18.8. The Labute approximate surface area is 153 Å². The van der Waals surface area contributed by atoms with Crippen LogP contribution in [0, 0.1) is 0 Å². The number of morpholine rings is 1. The average molecular weight is 390 g/mol. The van der Waals surface area contributed by atoms with Crippen molar-refractivity contribution in [2.45, 2.75) is 37.5 Å². The Bertz CT molecular complexity index is 722. The van der Waals surface area contributed by atoms with Crippen LogP contribution < -0.4 is 4.90 Å². The first-order chi connectivity index (χ1) is 11.9. The van der Waals surface area contributed by atoms with E-state index in [4.69, 9.17) is 21.1 Å². The fraction of sp³-hybridized carbons (Fsp3) is 0.750. The van der Waals surface area contributed by atoms with Crippen LogP contribution in [-0.4, -0.2) is 63.2 Å². The van der Waals surface area contributed by atoms with E-state index < -0.39 is 14.6 Å². The van der Waals surface area contributed by atoms with Gasteiger partial charge in [0.25, 0.3) is 0 Å². The molecule has 7 nitrogen and oxygen atoms in total. The van der Waals surface area contributed by atoms with E-state index in [9.17, 15) is 8.42 Å². The van der Waals surface area contributed by atoms with Crippen LogP contribution in [0.1, 0.15) is 32.4 Å². The third-order valence-electron chi connectivity index (χ3n) is 5.09. The summed E-state index contributed by atoms with van der Waals surface area (Å²) in [7, 11) is -3.39. The molecule has 0 aliphatic carbocycles. The molecule has 140 valence electrons. The quantitative estimate of drug-likeness (QED) is 0.726. The Morgan fingerprint density at radius 3 is 2.64 bits per heavy atom. The Morgan fingerprint density at radius 1 is 1.28 bits per heavy atom. The molecule has 0 saturated carbocycles. The third-order valence-corrected chi connectivity index (χ3v) is 7.83. The zero-order chi connectivity index (χ0) is 18.1. The average Bonchev–Trinajstić information content (AvgIpc) is 2.62. The van der Waals surface area contributed by atoms with Gasteiger partial charge in [-0.25, -0.2) is 18.4 Å². The smallest absolute Gasteiger partial charge is 0.224 e. The molecule has 3 rings (SSSR count). The molecule has 1 aromatic heterocycles. The molecular formula is C16H24ClN3O4S. The van der Waals surface area contributed by atoms with Crippen LogP contribution in [0.4, 0.5) is 5.82 Å². The minimum Gasteiger partial charge on any atom is -0.381 e. The van der Waals surface area contributed by atoms with Gasteiger partial charge in [0.05, 0.1) is 24.9 Å². The van der Waals surface area contributed by atoms with Crippen molar-refractivity contribution in [1.29, 1.82) is 0 Å². The summed E-state index contributed by atoms with van der Waals surface area (Å²) in [4.78, 5) is 10.8. The maximum absolute atomic E-state index is 12.9. The Balaban J connectivity index is 2.08. The normalized spacial score (nSPS) is 24.3. The summed E-state index contributed by atoms with van der Waals surface area (Å²) in [6.45, 7) is 6.39. The summed E-state index contributed by atoms with van der Waals surface area (Å²) in [5.74, 6) is 0.709. The number of halogens is 1. The monoisotopic (exact) mass is 389 g/mol. The van der Waals surface area contributed by atoms with Gasteiger partial charge in [-0.1, -0.05) is 6.92 Å². The lowest BCUT2D eigenvalue weighted by Gasteiger charge is -2.38. The zero-order valence-corrected chi connectivity index (χ0v) is 16.1. The SMILES string of the molecule is CCS(=O)(=O)C1(c2cc(N3CCOC[C@H]3C)nc(Cl)n2)CCOCC1. The predicted molar refractivity (Wildman–Crippen MR) is 95.9 cm³/mol. The molecule has 2 saturated heterocycles. The van der Waals surface area contributed by atoms with E-state index in [0.717, 1.165) is 0 Å². The topological polar surface area (TPSA) is 81.6 Å². The van der Waals surface area contributed by atoms with E-state index in [1.807, 2.05) is 6.92 Å². The second kappa shape index (κ2) is 7.34. The molecule has 3 heterocycles. The van der Waals surface area contributed by atoms with Crippen molar-refractivity contribution < 1.29 is 17.9 Å². The van der Waals surface area contributed by atoms with Gasteiger partial charge in [0.15, 0.2) is 9.84 Å². The number of anilines is 1. The van der Waals surface area contributed by atoms with Crippen LogP contribution in [0.25, 0.3) is 0 Å². The summed E-state index contributed by atoms with van der Waals surface area (Å²) in [6.07, 6.45) is 0.767. The van der Waals surface area contributed by atoms with Crippen molar-refractivity contribution >= 4 is 27.3 Å². The number of sulfone groups is 1.